The number of anilines is 1. The predicted molar refractivity (Wildman–Crippen MR) is 86.1 cm³/mol. The Morgan fingerprint density at radius 2 is 2.14 bits per heavy atom. The van der Waals surface area contributed by atoms with Gasteiger partial charge in [0.15, 0.2) is 5.82 Å². The van der Waals surface area contributed by atoms with E-state index in [4.69, 9.17) is 5.11 Å². The van der Waals surface area contributed by atoms with Gasteiger partial charge in [-0.3, -0.25) is 0 Å². The highest BCUT2D eigenvalue weighted by Crippen LogP contribution is 2.24. The molecule has 0 unspecified atom stereocenters. The number of hydrogen-bond donors (Lipinski definition) is 2. The van der Waals surface area contributed by atoms with Crippen LogP contribution in [0.4, 0.5) is 5.82 Å². The molecule has 2 aromatic heterocycles. The molecule has 0 saturated carbocycles. The molecule has 21 heavy (non-hydrogen) atoms. The summed E-state index contributed by atoms with van der Waals surface area (Å²) in [5.41, 5.74) is 1.20. The average Bonchev–Trinajstić information content (AvgIpc) is 2.92. The minimum absolute atomic E-state index is 0.147. The second-order valence-electron chi connectivity index (χ2n) is 4.62. The van der Waals surface area contributed by atoms with Crippen molar-refractivity contribution in [2.45, 2.75) is 13.2 Å². The van der Waals surface area contributed by atoms with E-state index in [1.165, 1.54) is 10.9 Å². The Kier molecular flexibility index (Phi) is 4.17. The summed E-state index contributed by atoms with van der Waals surface area (Å²) in [7, 11) is 0. The highest BCUT2D eigenvalue weighted by molar-refractivity contribution is 9.10. The SMILES string of the molecule is OCc1nccc(NCCn2ccc3c(Br)cccc32)n1. The fraction of sp³-hybridized carbons (Fsp3) is 0.200. The number of nitrogens with zero attached hydrogens (tertiary/aromatic N) is 3. The maximum absolute atomic E-state index is 9.02. The zero-order chi connectivity index (χ0) is 14.7. The topological polar surface area (TPSA) is 63.0 Å². The first-order valence-electron chi connectivity index (χ1n) is 6.68. The molecule has 0 bridgehead atoms. The summed E-state index contributed by atoms with van der Waals surface area (Å²) in [6.07, 6.45) is 3.72. The van der Waals surface area contributed by atoms with Gasteiger partial charge in [0.1, 0.15) is 12.4 Å². The molecule has 0 aliphatic heterocycles. The van der Waals surface area contributed by atoms with Crippen molar-refractivity contribution >= 4 is 32.7 Å². The molecular weight excluding hydrogens is 332 g/mol. The zero-order valence-corrected chi connectivity index (χ0v) is 12.9. The summed E-state index contributed by atoms with van der Waals surface area (Å²) in [6, 6.07) is 10.1. The van der Waals surface area contributed by atoms with E-state index in [-0.39, 0.29) is 6.61 Å². The van der Waals surface area contributed by atoms with Gasteiger partial charge in [-0.15, -0.1) is 0 Å². The Labute approximate surface area is 130 Å². The van der Waals surface area contributed by atoms with Crippen LogP contribution < -0.4 is 5.32 Å². The van der Waals surface area contributed by atoms with Gasteiger partial charge in [0.05, 0.1) is 0 Å². The van der Waals surface area contributed by atoms with Crippen molar-refractivity contribution in [1.29, 1.82) is 0 Å². The maximum atomic E-state index is 9.02. The summed E-state index contributed by atoms with van der Waals surface area (Å²) in [5, 5.41) is 13.5. The summed E-state index contributed by atoms with van der Waals surface area (Å²) in [4.78, 5) is 8.15. The standard InChI is InChI=1S/C15H15BrN4O/c16-12-2-1-3-13-11(12)5-8-20(13)9-7-18-14-4-6-17-15(10-21)19-14/h1-6,8,21H,7,9-10H2,(H,17,18,19). The van der Waals surface area contributed by atoms with E-state index in [2.05, 4.69) is 54.1 Å². The first kappa shape index (κ1) is 14.0. The third kappa shape index (κ3) is 3.06. The number of aliphatic hydroxyl groups excluding tert-OH is 1. The van der Waals surface area contributed by atoms with Crippen molar-refractivity contribution in [3.63, 3.8) is 0 Å². The Balaban J connectivity index is 1.68. The molecule has 2 N–H and O–H groups in total. The van der Waals surface area contributed by atoms with Crippen LogP contribution in [0.3, 0.4) is 0 Å². The van der Waals surface area contributed by atoms with Crippen molar-refractivity contribution in [3.8, 4) is 0 Å². The van der Waals surface area contributed by atoms with Gasteiger partial charge >= 0.3 is 0 Å². The van der Waals surface area contributed by atoms with Crippen LogP contribution in [0.2, 0.25) is 0 Å². The molecule has 3 aromatic rings. The molecule has 6 heteroatoms. The van der Waals surface area contributed by atoms with Crippen molar-refractivity contribution in [2.75, 3.05) is 11.9 Å². The summed E-state index contributed by atoms with van der Waals surface area (Å²) >= 11 is 3.56. The number of hydrogen-bond acceptors (Lipinski definition) is 4. The van der Waals surface area contributed by atoms with Gasteiger partial charge < -0.3 is 15.0 Å². The van der Waals surface area contributed by atoms with Crippen LogP contribution in [0.15, 0.2) is 47.2 Å². The van der Waals surface area contributed by atoms with Gasteiger partial charge in [-0.05, 0) is 24.3 Å². The Bertz CT molecular complexity index is 756. The Morgan fingerprint density at radius 3 is 3.00 bits per heavy atom. The van der Waals surface area contributed by atoms with Gasteiger partial charge in [-0.2, -0.15) is 0 Å². The van der Waals surface area contributed by atoms with E-state index >= 15 is 0 Å². The van der Waals surface area contributed by atoms with Crippen LogP contribution in [0.5, 0.6) is 0 Å². The van der Waals surface area contributed by atoms with Gasteiger partial charge in [-0.1, -0.05) is 22.0 Å². The average molecular weight is 347 g/mol. The summed E-state index contributed by atoms with van der Waals surface area (Å²) in [6.45, 7) is 1.43. The number of fused-ring (bicyclic) bond motifs is 1. The maximum Gasteiger partial charge on any atom is 0.156 e. The smallest absolute Gasteiger partial charge is 0.156 e. The third-order valence-corrected chi connectivity index (χ3v) is 3.96. The van der Waals surface area contributed by atoms with Crippen LogP contribution in [-0.4, -0.2) is 26.2 Å². The first-order valence-corrected chi connectivity index (χ1v) is 7.47. The normalized spacial score (nSPS) is 11.0. The number of rotatable bonds is 5. The predicted octanol–water partition coefficient (Wildman–Crippen LogP) is 2.80. The minimum Gasteiger partial charge on any atom is -0.388 e. The lowest BCUT2D eigenvalue weighted by atomic mass is 10.2. The second kappa shape index (κ2) is 6.24. The van der Waals surface area contributed by atoms with E-state index in [0.717, 1.165) is 23.4 Å². The van der Waals surface area contributed by atoms with Crippen molar-refractivity contribution < 1.29 is 5.11 Å². The first-order chi connectivity index (χ1) is 10.3. The molecule has 0 spiro atoms. The van der Waals surface area contributed by atoms with Crippen LogP contribution in [0, 0.1) is 0 Å². The van der Waals surface area contributed by atoms with E-state index in [1.54, 1.807) is 12.3 Å². The van der Waals surface area contributed by atoms with E-state index in [9.17, 15) is 0 Å². The molecule has 0 aliphatic carbocycles. The second-order valence-corrected chi connectivity index (χ2v) is 5.48. The van der Waals surface area contributed by atoms with Gasteiger partial charge in [-0.25, -0.2) is 9.97 Å². The summed E-state index contributed by atoms with van der Waals surface area (Å²) < 4.78 is 3.30. The number of nitrogens with one attached hydrogen (secondary N) is 1. The number of benzene rings is 1. The van der Waals surface area contributed by atoms with Gasteiger partial charge in [0.2, 0.25) is 0 Å². The van der Waals surface area contributed by atoms with Crippen molar-refractivity contribution in [3.05, 3.63) is 53.0 Å². The Hall–Kier alpha value is -1.92. The molecule has 2 heterocycles. The van der Waals surface area contributed by atoms with E-state index < -0.39 is 0 Å². The van der Waals surface area contributed by atoms with Crippen LogP contribution in [0.25, 0.3) is 10.9 Å². The molecule has 5 nitrogen and oxygen atoms in total. The van der Waals surface area contributed by atoms with E-state index in [1.807, 2.05) is 12.1 Å². The molecule has 3 rings (SSSR count). The molecule has 1 aromatic carbocycles. The monoisotopic (exact) mass is 346 g/mol. The molecular formula is C15H15BrN4O. The van der Waals surface area contributed by atoms with Gasteiger partial charge in [0.25, 0.3) is 0 Å². The number of halogens is 1. The fourth-order valence-corrected chi connectivity index (χ4v) is 2.75. The number of aliphatic hydroxyl groups is 1. The molecule has 0 radical (unpaired) electrons. The molecule has 0 saturated heterocycles. The third-order valence-electron chi connectivity index (χ3n) is 3.27. The lowest BCUT2D eigenvalue weighted by Crippen LogP contribution is -2.11. The fourth-order valence-electron chi connectivity index (χ4n) is 2.26. The van der Waals surface area contributed by atoms with Crippen LogP contribution in [-0.2, 0) is 13.2 Å². The highest BCUT2D eigenvalue weighted by Gasteiger charge is 2.03. The van der Waals surface area contributed by atoms with Crippen molar-refractivity contribution in [1.82, 2.24) is 14.5 Å². The van der Waals surface area contributed by atoms with Crippen LogP contribution in [0.1, 0.15) is 5.82 Å². The van der Waals surface area contributed by atoms with Crippen molar-refractivity contribution in [2.24, 2.45) is 0 Å². The quantitative estimate of drug-likeness (QED) is 0.745. The van der Waals surface area contributed by atoms with E-state index in [0.29, 0.717) is 5.82 Å². The Morgan fingerprint density at radius 1 is 1.24 bits per heavy atom. The molecule has 0 atom stereocenters. The molecule has 108 valence electrons. The van der Waals surface area contributed by atoms with Crippen LogP contribution >= 0.6 is 15.9 Å². The zero-order valence-electron chi connectivity index (χ0n) is 11.3. The molecule has 0 amide bonds. The summed E-state index contributed by atoms with van der Waals surface area (Å²) in [5.74, 6) is 1.15. The molecule has 0 aliphatic rings. The minimum atomic E-state index is -0.147. The lowest BCUT2D eigenvalue weighted by Gasteiger charge is -2.08. The lowest BCUT2D eigenvalue weighted by molar-refractivity contribution is 0.271. The largest absolute Gasteiger partial charge is 0.388 e. The van der Waals surface area contributed by atoms with Gasteiger partial charge in [0, 0.05) is 40.9 Å². The number of aromatic nitrogens is 3. The highest BCUT2D eigenvalue weighted by atomic mass is 79.9. The molecule has 0 fully saturated rings.